The van der Waals surface area contributed by atoms with E-state index in [4.69, 9.17) is 18.9 Å². The summed E-state index contributed by atoms with van der Waals surface area (Å²) in [7, 11) is 0. The van der Waals surface area contributed by atoms with Crippen molar-refractivity contribution in [2.45, 2.75) is 155 Å². The maximum atomic E-state index is 5.96. The van der Waals surface area contributed by atoms with Gasteiger partial charge in [0.25, 0.3) is 0 Å². The van der Waals surface area contributed by atoms with E-state index in [-0.39, 0.29) is 10.8 Å². The van der Waals surface area contributed by atoms with Gasteiger partial charge in [-0.1, -0.05) is 148 Å². The van der Waals surface area contributed by atoms with Crippen LogP contribution in [0.5, 0.6) is 11.5 Å². The van der Waals surface area contributed by atoms with E-state index in [2.05, 4.69) is 130 Å². The summed E-state index contributed by atoms with van der Waals surface area (Å²) in [6.45, 7) is 36.9. The lowest BCUT2D eigenvalue weighted by molar-refractivity contribution is -0.0398. The van der Waals surface area contributed by atoms with Gasteiger partial charge in [-0.25, -0.2) is 0 Å². The number of ether oxygens (including phenoxy) is 4. The first-order chi connectivity index (χ1) is 30.6. The van der Waals surface area contributed by atoms with Gasteiger partial charge in [-0.15, -0.1) is 13.2 Å². The Bertz CT molecular complexity index is 1750. The molecule has 0 spiro atoms. The second-order valence-electron chi connectivity index (χ2n) is 21.5. The smallest absolute Gasteiger partial charge is 0.119 e. The molecule has 6 rings (SSSR count). The molecule has 4 heteroatoms. The third kappa shape index (κ3) is 13.2. The molecule has 0 aromatic heterocycles. The van der Waals surface area contributed by atoms with Crippen LogP contribution in [0, 0.1) is 34.5 Å². The van der Waals surface area contributed by atoms with Gasteiger partial charge in [0.15, 0.2) is 0 Å². The predicted octanol–water partition coefficient (Wildman–Crippen LogP) is 15.8. The Labute approximate surface area is 391 Å². The summed E-state index contributed by atoms with van der Waals surface area (Å²) in [5.41, 5.74) is 5.71. The van der Waals surface area contributed by atoms with Crippen LogP contribution < -0.4 is 9.47 Å². The van der Waals surface area contributed by atoms with Crippen LogP contribution in [0.2, 0.25) is 0 Å². The molecule has 0 N–H and O–H groups in total. The van der Waals surface area contributed by atoms with Crippen molar-refractivity contribution in [3.8, 4) is 11.5 Å². The fourth-order valence-electron chi connectivity index (χ4n) is 11.4. The van der Waals surface area contributed by atoms with Gasteiger partial charge < -0.3 is 18.9 Å². The van der Waals surface area contributed by atoms with Crippen molar-refractivity contribution in [2.75, 3.05) is 26.4 Å². The molecule has 3 aliphatic carbocycles. The average molecular weight is 871 g/mol. The molecule has 350 valence electrons. The summed E-state index contributed by atoms with van der Waals surface area (Å²) in [6, 6.07) is 25.7. The maximum Gasteiger partial charge on any atom is 0.119 e. The highest BCUT2D eigenvalue weighted by Crippen LogP contribution is 2.55. The maximum absolute atomic E-state index is 5.96. The van der Waals surface area contributed by atoms with E-state index in [0.717, 1.165) is 35.2 Å². The number of hydrogen-bond acceptors (Lipinski definition) is 4. The quantitative estimate of drug-likeness (QED) is 0.106. The molecule has 3 aromatic rings. The van der Waals surface area contributed by atoms with Crippen molar-refractivity contribution in [3.63, 3.8) is 0 Å². The molecule has 3 aromatic carbocycles. The van der Waals surface area contributed by atoms with Crippen LogP contribution in [-0.4, -0.2) is 38.6 Å². The minimum atomic E-state index is -0.133. The van der Waals surface area contributed by atoms with E-state index < -0.39 is 0 Å². The normalized spacial score (nSPS) is 23.2. The molecule has 0 aliphatic heterocycles. The Morgan fingerprint density at radius 3 is 1.14 bits per heavy atom. The molecule has 3 fully saturated rings. The topological polar surface area (TPSA) is 36.9 Å². The largest absolute Gasteiger partial charge is 0.490 e. The third-order valence-corrected chi connectivity index (χ3v) is 16.3. The summed E-state index contributed by atoms with van der Waals surface area (Å²) in [6.07, 6.45) is 24.3. The van der Waals surface area contributed by atoms with Gasteiger partial charge in [0.05, 0.1) is 25.4 Å². The van der Waals surface area contributed by atoms with Crippen molar-refractivity contribution in [3.05, 3.63) is 146 Å². The zero-order valence-corrected chi connectivity index (χ0v) is 41.5. The Kier molecular flexibility index (Phi) is 18.8. The lowest BCUT2D eigenvalue weighted by Gasteiger charge is -2.51. The first-order valence-corrected chi connectivity index (χ1v) is 24.8. The van der Waals surface area contributed by atoms with Crippen molar-refractivity contribution in [2.24, 2.45) is 34.5 Å². The summed E-state index contributed by atoms with van der Waals surface area (Å²) < 4.78 is 23.2. The van der Waals surface area contributed by atoms with E-state index in [1.54, 1.807) is 12.2 Å². The Morgan fingerprint density at radius 1 is 0.438 bits per heavy atom. The van der Waals surface area contributed by atoms with Gasteiger partial charge in [0, 0.05) is 10.8 Å². The zero-order chi connectivity index (χ0) is 46.4. The standard InChI is InChI=1S/C30H52O2.C30H34O2/c2*1-7-20-31-27-16-12-23(13-17-27)29(3,4)25-10-9-11-26(22-25)30(5,6)24-14-18-28(19-15-24)32-21-8-2/h7-8,23-28H,1-2,9-22H2,3-6H3;7-19,22H,1-2,20-21H2,3-6H3. The second-order valence-corrected chi connectivity index (χ2v) is 21.5. The second kappa shape index (κ2) is 23.5. The first-order valence-electron chi connectivity index (χ1n) is 24.8. The van der Waals surface area contributed by atoms with Crippen LogP contribution in [0.25, 0.3) is 0 Å². The molecular formula is C60H86O4. The van der Waals surface area contributed by atoms with Crippen molar-refractivity contribution in [1.29, 1.82) is 0 Å². The lowest BCUT2D eigenvalue weighted by atomic mass is 9.54. The molecule has 4 nitrogen and oxygen atoms in total. The molecular weight excluding hydrogens is 785 g/mol. The van der Waals surface area contributed by atoms with Gasteiger partial charge in [-0.2, -0.15) is 0 Å². The highest BCUT2D eigenvalue weighted by atomic mass is 16.5. The summed E-state index contributed by atoms with van der Waals surface area (Å²) >= 11 is 0. The first kappa shape index (κ1) is 51.1. The Hall–Kier alpha value is -3.86. The van der Waals surface area contributed by atoms with Gasteiger partial charge in [0.2, 0.25) is 0 Å². The minimum Gasteiger partial charge on any atom is -0.490 e. The molecule has 0 saturated heterocycles. The molecule has 0 bridgehead atoms. The summed E-state index contributed by atoms with van der Waals surface area (Å²) in [5.74, 6) is 5.19. The molecule has 0 radical (unpaired) electrons. The van der Waals surface area contributed by atoms with Crippen LogP contribution in [0.3, 0.4) is 0 Å². The fraction of sp³-hybridized carbons (Fsp3) is 0.567. The van der Waals surface area contributed by atoms with Crippen molar-refractivity contribution in [1.82, 2.24) is 0 Å². The highest BCUT2D eigenvalue weighted by Gasteiger charge is 2.46. The van der Waals surface area contributed by atoms with E-state index in [9.17, 15) is 0 Å². The van der Waals surface area contributed by atoms with Gasteiger partial charge in [-0.3, -0.25) is 0 Å². The van der Waals surface area contributed by atoms with Crippen LogP contribution >= 0.6 is 0 Å². The minimum absolute atomic E-state index is 0.133. The average Bonchev–Trinajstić information content (AvgIpc) is 3.32. The third-order valence-electron chi connectivity index (χ3n) is 16.3. The molecule has 3 aliphatic rings. The molecule has 2 unspecified atom stereocenters. The summed E-state index contributed by atoms with van der Waals surface area (Å²) in [4.78, 5) is 0. The predicted molar refractivity (Wildman–Crippen MR) is 272 cm³/mol. The Morgan fingerprint density at radius 2 is 0.797 bits per heavy atom. The van der Waals surface area contributed by atoms with Crippen molar-refractivity contribution >= 4 is 0 Å². The van der Waals surface area contributed by atoms with Crippen LogP contribution in [0.4, 0.5) is 0 Å². The fourth-order valence-corrected chi connectivity index (χ4v) is 11.4. The molecule has 0 amide bonds. The highest BCUT2D eigenvalue weighted by molar-refractivity contribution is 5.46. The van der Waals surface area contributed by atoms with Gasteiger partial charge in [0.1, 0.15) is 24.7 Å². The van der Waals surface area contributed by atoms with Crippen molar-refractivity contribution < 1.29 is 18.9 Å². The molecule has 3 saturated carbocycles. The van der Waals surface area contributed by atoms with Crippen LogP contribution in [-0.2, 0) is 20.3 Å². The summed E-state index contributed by atoms with van der Waals surface area (Å²) in [5, 5.41) is 0. The van der Waals surface area contributed by atoms with E-state index >= 15 is 0 Å². The SMILES string of the molecule is C=CCOC1CCC(C(C)(C)C2CCCC(C(C)(C)C3CCC(OCC=C)CC3)C2)CC1.C=CCOc1ccc(C(C)(C)c2cccc(C(C)(C)c3ccc(OCC=C)cc3)c2)cc1. The monoisotopic (exact) mass is 871 g/mol. The van der Waals surface area contributed by atoms with Crippen LogP contribution in [0.1, 0.15) is 155 Å². The number of rotatable bonds is 20. The van der Waals surface area contributed by atoms with Crippen LogP contribution in [0.15, 0.2) is 123 Å². The molecule has 64 heavy (non-hydrogen) atoms. The lowest BCUT2D eigenvalue weighted by Crippen LogP contribution is -2.43. The zero-order valence-electron chi connectivity index (χ0n) is 41.5. The Balaban J connectivity index is 0.000000241. The number of benzene rings is 3. The molecule has 2 atom stereocenters. The van der Waals surface area contributed by atoms with E-state index in [0.29, 0.717) is 49.5 Å². The number of hydrogen-bond donors (Lipinski definition) is 0. The van der Waals surface area contributed by atoms with Gasteiger partial charge in [-0.05, 0) is 152 Å². The molecule has 0 heterocycles. The van der Waals surface area contributed by atoms with E-state index in [1.807, 2.05) is 36.4 Å². The van der Waals surface area contributed by atoms with E-state index in [1.165, 1.54) is 99.3 Å². The van der Waals surface area contributed by atoms with Gasteiger partial charge >= 0.3 is 0 Å².